The van der Waals surface area contributed by atoms with Gasteiger partial charge in [0.15, 0.2) is 0 Å². The standard InChI is InChI=1S/C10H20N2O3/c1-2-10(4-3-5-12-10)9(15)11-6-8(14)7-13/h8,12-14H,2-7H2,1H3,(H,11,15). The number of aliphatic hydroxyl groups is 2. The molecule has 0 radical (unpaired) electrons. The highest BCUT2D eigenvalue weighted by atomic mass is 16.3. The van der Waals surface area contributed by atoms with Gasteiger partial charge in [0.2, 0.25) is 5.91 Å². The Labute approximate surface area is 89.9 Å². The van der Waals surface area contributed by atoms with Gasteiger partial charge in [0.1, 0.15) is 0 Å². The Bertz CT molecular complexity index is 215. The van der Waals surface area contributed by atoms with Crippen LogP contribution in [0.15, 0.2) is 0 Å². The summed E-state index contributed by atoms with van der Waals surface area (Å²) in [4.78, 5) is 11.9. The summed E-state index contributed by atoms with van der Waals surface area (Å²) in [5.41, 5.74) is -0.463. The fourth-order valence-electron chi connectivity index (χ4n) is 1.91. The van der Waals surface area contributed by atoms with E-state index in [4.69, 9.17) is 10.2 Å². The monoisotopic (exact) mass is 216 g/mol. The lowest BCUT2D eigenvalue weighted by atomic mass is 9.93. The lowest BCUT2D eigenvalue weighted by Crippen LogP contribution is -2.54. The molecule has 0 saturated carbocycles. The first-order valence-corrected chi connectivity index (χ1v) is 5.47. The number of carbonyl (C=O) groups excluding carboxylic acids is 1. The van der Waals surface area contributed by atoms with E-state index in [9.17, 15) is 4.79 Å². The molecule has 0 bridgehead atoms. The zero-order valence-corrected chi connectivity index (χ0v) is 9.12. The Balaban J connectivity index is 2.44. The Morgan fingerprint density at radius 2 is 2.40 bits per heavy atom. The van der Waals surface area contributed by atoms with Crippen molar-refractivity contribution in [2.75, 3.05) is 19.7 Å². The zero-order valence-electron chi connectivity index (χ0n) is 9.12. The molecule has 1 fully saturated rings. The van der Waals surface area contributed by atoms with Gasteiger partial charge in [-0.2, -0.15) is 0 Å². The number of hydrogen-bond acceptors (Lipinski definition) is 4. The maximum atomic E-state index is 11.9. The van der Waals surface area contributed by atoms with E-state index in [1.165, 1.54) is 0 Å². The number of amides is 1. The van der Waals surface area contributed by atoms with Gasteiger partial charge in [-0.25, -0.2) is 0 Å². The summed E-state index contributed by atoms with van der Waals surface area (Å²) in [5, 5.41) is 23.6. The van der Waals surface area contributed by atoms with Crippen molar-refractivity contribution in [2.45, 2.75) is 37.8 Å². The molecule has 88 valence electrons. The van der Waals surface area contributed by atoms with Crippen molar-refractivity contribution in [3.63, 3.8) is 0 Å². The first kappa shape index (κ1) is 12.4. The topological polar surface area (TPSA) is 81.6 Å². The average Bonchev–Trinajstić information content (AvgIpc) is 2.75. The molecule has 0 aromatic carbocycles. The number of hydrogen-bond donors (Lipinski definition) is 4. The van der Waals surface area contributed by atoms with Crippen LogP contribution in [0.2, 0.25) is 0 Å². The van der Waals surface area contributed by atoms with E-state index in [0.29, 0.717) is 0 Å². The number of rotatable bonds is 5. The molecular formula is C10H20N2O3. The van der Waals surface area contributed by atoms with Crippen LogP contribution in [-0.4, -0.2) is 47.5 Å². The van der Waals surface area contributed by atoms with Gasteiger partial charge in [-0.3, -0.25) is 4.79 Å². The predicted octanol–water partition coefficient (Wildman–Crippen LogP) is -1.01. The van der Waals surface area contributed by atoms with Crippen molar-refractivity contribution < 1.29 is 15.0 Å². The fourth-order valence-corrected chi connectivity index (χ4v) is 1.91. The second kappa shape index (κ2) is 5.44. The largest absolute Gasteiger partial charge is 0.394 e. The van der Waals surface area contributed by atoms with Crippen molar-refractivity contribution in [1.29, 1.82) is 0 Å². The molecule has 1 rings (SSSR count). The molecule has 5 nitrogen and oxygen atoms in total. The molecule has 0 aromatic rings. The van der Waals surface area contributed by atoms with Crippen molar-refractivity contribution in [1.82, 2.24) is 10.6 Å². The van der Waals surface area contributed by atoms with E-state index in [-0.39, 0.29) is 19.1 Å². The van der Waals surface area contributed by atoms with E-state index in [1.807, 2.05) is 6.92 Å². The van der Waals surface area contributed by atoms with Crippen molar-refractivity contribution in [3.8, 4) is 0 Å². The zero-order chi connectivity index (χ0) is 11.3. The maximum Gasteiger partial charge on any atom is 0.240 e. The van der Waals surface area contributed by atoms with E-state index in [1.54, 1.807) is 0 Å². The molecule has 4 N–H and O–H groups in total. The third-order valence-corrected chi connectivity index (χ3v) is 2.99. The summed E-state index contributed by atoms with van der Waals surface area (Å²) in [6, 6.07) is 0. The fraction of sp³-hybridized carbons (Fsp3) is 0.900. The number of nitrogens with one attached hydrogen (secondary N) is 2. The summed E-state index contributed by atoms with van der Waals surface area (Å²) in [5.74, 6) is -0.0741. The van der Waals surface area contributed by atoms with E-state index in [0.717, 1.165) is 25.8 Å². The molecule has 0 spiro atoms. The van der Waals surface area contributed by atoms with Crippen LogP contribution in [0, 0.1) is 0 Å². The molecule has 0 aliphatic carbocycles. The Morgan fingerprint density at radius 3 is 2.87 bits per heavy atom. The highest BCUT2D eigenvalue weighted by molar-refractivity contribution is 5.86. The van der Waals surface area contributed by atoms with Gasteiger partial charge < -0.3 is 20.8 Å². The first-order valence-electron chi connectivity index (χ1n) is 5.47. The van der Waals surface area contributed by atoms with E-state index in [2.05, 4.69) is 10.6 Å². The third kappa shape index (κ3) is 2.90. The van der Waals surface area contributed by atoms with Gasteiger partial charge in [0.25, 0.3) is 0 Å². The van der Waals surface area contributed by atoms with Gasteiger partial charge in [-0.15, -0.1) is 0 Å². The Kier molecular flexibility index (Phi) is 4.50. The van der Waals surface area contributed by atoms with Crippen LogP contribution < -0.4 is 10.6 Å². The van der Waals surface area contributed by atoms with Crippen molar-refractivity contribution in [2.24, 2.45) is 0 Å². The normalized spacial score (nSPS) is 27.7. The quantitative estimate of drug-likeness (QED) is 0.474. The summed E-state index contributed by atoms with van der Waals surface area (Å²) < 4.78 is 0. The van der Waals surface area contributed by atoms with Crippen LogP contribution in [-0.2, 0) is 4.79 Å². The average molecular weight is 216 g/mol. The molecule has 1 saturated heterocycles. The first-order chi connectivity index (χ1) is 7.14. The minimum absolute atomic E-state index is 0.0741. The van der Waals surface area contributed by atoms with Gasteiger partial charge in [-0.05, 0) is 25.8 Å². The van der Waals surface area contributed by atoms with Crippen LogP contribution in [0.3, 0.4) is 0 Å². The van der Waals surface area contributed by atoms with Crippen LogP contribution in [0.25, 0.3) is 0 Å². The summed E-state index contributed by atoms with van der Waals surface area (Å²) in [6.45, 7) is 2.62. The highest BCUT2D eigenvalue weighted by Gasteiger charge is 2.38. The molecule has 1 heterocycles. The Morgan fingerprint density at radius 1 is 1.67 bits per heavy atom. The second-order valence-corrected chi connectivity index (χ2v) is 4.01. The minimum Gasteiger partial charge on any atom is -0.394 e. The molecule has 5 heteroatoms. The van der Waals surface area contributed by atoms with Crippen LogP contribution >= 0.6 is 0 Å². The lowest BCUT2D eigenvalue weighted by molar-refractivity contribution is -0.127. The lowest BCUT2D eigenvalue weighted by Gasteiger charge is -2.27. The van der Waals surface area contributed by atoms with Gasteiger partial charge in [0, 0.05) is 6.54 Å². The third-order valence-electron chi connectivity index (χ3n) is 2.99. The van der Waals surface area contributed by atoms with E-state index >= 15 is 0 Å². The Hall–Kier alpha value is -0.650. The van der Waals surface area contributed by atoms with E-state index < -0.39 is 11.6 Å². The second-order valence-electron chi connectivity index (χ2n) is 4.01. The van der Waals surface area contributed by atoms with Gasteiger partial charge in [-0.1, -0.05) is 6.92 Å². The minimum atomic E-state index is -0.871. The van der Waals surface area contributed by atoms with Crippen LogP contribution in [0.5, 0.6) is 0 Å². The number of aliphatic hydroxyl groups excluding tert-OH is 2. The molecule has 1 aliphatic rings. The molecule has 2 unspecified atom stereocenters. The maximum absolute atomic E-state index is 11.9. The molecule has 1 amide bonds. The predicted molar refractivity (Wildman–Crippen MR) is 56.4 cm³/mol. The smallest absolute Gasteiger partial charge is 0.240 e. The molecule has 1 aliphatic heterocycles. The summed E-state index contributed by atoms with van der Waals surface area (Å²) >= 11 is 0. The molecule has 15 heavy (non-hydrogen) atoms. The SMILES string of the molecule is CCC1(C(=O)NCC(O)CO)CCCN1. The molecule has 2 atom stereocenters. The summed E-state index contributed by atoms with van der Waals surface area (Å²) in [7, 11) is 0. The van der Waals surface area contributed by atoms with Crippen molar-refractivity contribution in [3.05, 3.63) is 0 Å². The molecular weight excluding hydrogens is 196 g/mol. The van der Waals surface area contributed by atoms with Gasteiger partial charge >= 0.3 is 0 Å². The van der Waals surface area contributed by atoms with Crippen LogP contribution in [0.1, 0.15) is 26.2 Å². The van der Waals surface area contributed by atoms with Crippen LogP contribution in [0.4, 0.5) is 0 Å². The number of carbonyl (C=O) groups is 1. The summed E-state index contributed by atoms with van der Waals surface area (Å²) in [6.07, 6.45) is 1.71. The highest BCUT2D eigenvalue weighted by Crippen LogP contribution is 2.22. The van der Waals surface area contributed by atoms with Gasteiger partial charge in [0.05, 0.1) is 18.2 Å². The molecule has 0 aromatic heterocycles. The van der Waals surface area contributed by atoms with Crippen molar-refractivity contribution >= 4 is 5.91 Å².